The maximum atomic E-state index is 12.0. The molecule has 5 nitrogen and oxygen atoms in total. The van der Waals surface area contributed by atoms with Gasteiger partial charge in [0.2, 0.25) is 5.91 Å². The fourth-order valence-electron chi connectivity index (χ4n) is 3.74. The monoisotopic (exact) mass is 274 g/mol. The Bertz CT molecular complexity index is 526. The molecule has 0 spiro atoms. The van der Waals surface area contributed by atoms with E-state index in [1.165, 1.54) is 37.8 Å². The van der Waals surface area contributed by atoms with Crippen LogP contribution in [0.5, 0.6) is 0 Å². The number of fused-ring (bicyclic) bond motifs is 2. The van der Waals surface area contributed by atoms with E-state index in [0.29, 0.717) is 18.0 Å². The number of hydrogen-bond acceptors (Lipinski definition) is 3. The highest BCUT2D eigenvalue weighted by atomic mass is 16.6. The zero-order valence-corrected chi connectivity index (χ0v) is 11.2. The summed E-state index contributed by atoms with van der Waals surface area (Å²) in [6.07, 6.45) is 5.69. The normalized spacial score (nSPS) is 27.5. The highest BCUT2D eigenvalue weighted by molar-refractivity contribution is 5.91. The molecule has 3 rings (SSSR count). The predicted octanol–water partition coefficient (Wildman–Crippen LogP) is 3.36. The van der Waals surface area contributed by atoms with Crippen LogP contribution in [0.15, 0.2) is 24.3 Å². The van der Waals surface area contributed by atoms with Gasteiger partial charge in [-0.25, -0.2) is 0 Å². The fourth-order valence-corrected chi connectivity index (χ4v) is 3.74. The number of carbonyl (C=O) groups excluding carboxylic acids is 1. The van der Waals surface area contributed by atoms with Gasteiger partial charge in [0.25, 0.3) is 5.69 Å². The molecule has 2 saturated carbocycles. The lowest BCUT2D eigenvalue weighted by molar-refractivity contribution is -0.384. The SMILES string of the molecule is O=C(CC1CC2CCC1C2)Nc1ccc([N+](=O)[O-])cc1. The third-order valence-electron chi connectivity index (χ3n) is 4.69. The molecule has 106 valence electrons. The second-order valence-corrected chi connectivity index (χ2v) is 5.99. The first-order valence-electron chi connectivity index (χ1n) is 7.16. The number of carbonyl (C=O) groups is 1. The number of nitro groups is 1. The van der Waals surface area contributed by atoms with Crippen molar-refractivity contribution >= 4 is 17.3 Å². The molecule has 0 radical (unpaired) electrons. The van der Waals surface area contributed by atoms with Crippen LogP contribution in [0.1, 0.15) is 32.1 Å². The van der Waals surface area contributed by atoms with Gasteiger partial charge in [-0.05, 0) is 49.1 Å². The summed E-state index contributed by atoms with van der Waals surface area (Å²) in [6.45, 7) is 0. The van der Waals surface area contributed by atoms with Crippen molar-refractivity contribution in [3.63, 3.8) is 0 Å². The highest BCUT2D eigenvalue weighted by Crippen LogP contribution is 2.49. The Balaban J connectivity index is 1.55. The van der Waals surface area contributed by atoms with Crippen molar-refractivity contribution in [2.45, 2.75) is 32.1 Å². The lowest BCUT2D eigenvalue weighted by Gasteiger charge is -2.20. The van der Waals surface area contributed by atoms with Crippen molar-refractivity contribution in [1.29, 1.82) is 0 Å². The lowest BCUT2D eigenvalue weighted by atomic mass is 9.86. The molecular weight excluding hydrogens is 256 g/mol. The van der Waals surface area contributed by atoms with Crippen LogP contribution in [-0.4, -0.2) is 10.8 Å². The molecule has 5 heteroatoms. The van der Waals surface area contributed by atoms with Crippen LogP contribution in [0.3, 0.4) is 0 Å². The Labute approximate surface area is 117 Å². The van der Waals surface area contributed by atoms with E-state index >= 15 is 0 Å². The number of nitrogens with one attached hydrogen (secondary N) is 1. The smallest absolute Gasteiger partial charge is 0.269 e. The Morgan fingerprint density at radius 1 is 1.25 bits per heavy atom. The van der Waals surface area contributed by atoms with Gasteiger partial charge in [-0.3, -0.25) is 14.9 Å². The Morgan fingerprint density at radius 2 is 2.00 bits per heavy atom. The van der Waals surface area contributed by atoms with E-state index in [-0.39, 0.29) is 11.6 Å². The minimum Gasteiger partial charge on any atom is -0.326 e. The summed E-state index contributed by atoms with van der Waals surface area (Å²) in [4.78, 5) is 22.1. The number of nitrogens with zero attached hydrogens (tertiary/aromatic N) is 1. The van der Waals surface area contributed by atoms with Crippen molar-refractivity contribution in [3.8, 4) is 0 Å². The van der Waals surface area contributed by atoms with Gasteiger partial charge < -0.3 is 5.32 Å². The molecule has 0 aliphatic heterocycles. The Hall–Kier alpha value is -1.91. The molecule has 3 unspecified atom stereocenters. The van der Waals surface area contributed by atoms with Crippen molar-refractivity contribution in [1.82, 2.24) is 0 Å². The van der Waals surface area contributed by atoms with Crippen LogP contribution in [0.25, 0.3) is 0 Å². The van der Waals surface area contributed by atoms with E-state index in [9.17, 15) is 14.9 Å². The highest BCUT2D eigenvalue weighted by Gasteiger charge is 2.40. The van der Waals surface area contributed by atoms with E-state index in [2.05, 4.69) is 5.32 Å². The summed E-state index contributed by atoms with van der Waals surface area (Å²) in [7, 11) is 0. The Morgan fingerprint density at radius 3 is 2.55 bits per heavy atom. The first-order chi connectivity index (χ1) is 9.61. The first kappa shape index (κ1) is 13.1. The molecule has 1 N–H and O–H groups in total. The number of rotatable bonds is 4. The molecule has 2 aliphatic carbocycles. The van der Waals surface area contributed by atoms with Gasteiger partial charge in [-0.2, -0.15) is 0 Å². The van der Waals surface area contributed by atoms with Crippen LogP contribution in [0.4, 0.5) is 11.4 Å². The van der Waals surface area contributed by atoms with Gasteiger partial charge >= 0.3 is 0 Å². The van der Waals surface area contributed by atoms with Crippen LogP contribution in [-0.2, 0) is 4.79 Å². The van der Waals surface area contributed by atoms with Gasteiger partial charge in [0.1, 0.15) is 0 Å². The number of amides is 1. The standard InChI is InChI=1S/C15H18N2O3/c18-15(9-12-8-10-1-2-11(12)7-10)16-13-3-5-14(6-4-13)17(19)20/h3-6,10-12H,1-2,7-9H2,(H,16,18). The molecule has 2 bridgehead atoms. The maximum absolute atomic E-state index is 12.0. The summed E-state index contributed by atoms with van der Waals surface area (Å²) < 4.78 is 0. The predicted molar refractivity (Wildman–Crippen MR) is 75.3 cm³/mol. The number of benzene rings is 1. The number of nitro benzene ring substituents is 1. The molecule has 2 aliphatic rings. The first-order valence-corrected chi connectivity index (χ1v) is 7.16. The summed E-state index contributed by atoms with van der Waals surface area (Å²) in [5.74, 6) is 2.14. The molecule has 0 heterocycles. The quantitative estimate of drug-likeness (QED) is 0.676. The molecule has 0 aromatic heterocycles. The van der Waals surface area contributed by atoms with Crippen LogP contribution >= 0.6 is 0 Å². The largest absolute Gasteiger partial charge is 0.326 e. The van der Waals surface area contributed by atoms with Crippen molar-refractivity contribution < 1.29 is 9.72 Å². The van der Waals surface area contributed by atoms with Crippen LogP contribution in [0, 0.1) is 27.9 Å². The Kier molecular flexibility index (Phi) is 3.42. The maximum Gasteiger partial charge on any atom is 0.269 e. The number of non-ortho nitro benzene ring substituents is 1. The van der Waals surface area contributed by atoms with Gasteiger partial charge in [0, 0.05) is 24.2 Å². The number of anilines is 1. The second-order valence-electron chi connectivity index (χ2n) is 5.99. The lowest BCUT2D eigenvalue weighted by Crippen LogP contribution is -2.20. The summed E-state index contributed by atoms with van der Waals surface area (Å²) in [5.41, 5.74) is 0.667. The molecule has 3 atom stereocenters. The topological polar surface area (TPSA) is 72.2 Å². The van der Waals surface area contributed by atoms with Crippen LogP contribution < -0.4 is 5.32 Å². The number of hydrogen-bond donors (Lipinski definition) is 1. The zero-order valence-electron chi connectivity index (χ0n) is 11.2. The summed E-state index contributed by atoms with van der Waals surface area (Å²) in [6, 6.07) is 5.98. The van der Waals surface area contributed by atoms with Gasteiger partial charge in [-0.15, -0.1) is 0 Å². The molecule has 1 aromatic rings. The van der Waals surface area contributed by atoms with Crippen molar-refractivity contribution in [2.75, 3.05) is 5.32 Å². The molecule has 1 aromatic carbocycles. The third-order valence-corrected chi connectivity index (χ3v) is 4.69. The van der Waals surface area contributed by atoms with Crippen LogP contribution in [0.2, 0.25) is 0 Å². The van der Waals surface area contributed by atoms with E-state index in [1.54, 1.807) is 12.1 Å². The summed E-state index contributed by atoms with van der Waals surface area (Å²) in [5, 5.41) is 13.4. The third kappa shape index (κ3) is 2.66. The van der Waals surface area contributed by atoms with E-state index < -0.39 is 4.92 Å². The van der Waals surface area contributed by atoms with Crippen molar-refractivity contribution in [3.05, 3.63) is 34.4 Å². The van der Waals surface area contributed by atoms with E-state index in [0.717, 1.165) is 11.8 Å². The van der Waals surface area contributed by atoms with Gasteiger partial charge in [0.15, 0.2) is 0 Å². The van der Waals surface area contributed by atoms with Gasteiger partial charge in [-0.1, -0.05) is 6.42 Å². The van der Waals surface area contributed by atoms with E-state index in [4.69, 9.17) is 0 Å². The zero-order chi connectivity index (χ0) is 14.1. The average molecular weight is 274 g/mol. The molecule has 0 saturated heterocycles. The molecule has 20 heavy (non-hydrogen) atoms. The minimum atomic E-state index is -0.444. The summed E-state index contributed by atoms with van der Waals surface area (Å²) >= 11 is 0. The second kappa shape index (κ2) is 5.23. The van der Waals surface area contributed by atoms with Crippen molar-refractivity contribution in [2.24, 2.45) is 17.8 Å². The van der Waals surface area contributed by atoms with Gasteiger partial charge in [0.05, 0.1) is 4.92 Å². The molecule has 2 fully saturated rings. The average Bonchev–Trinajstić information content (AvgIpc) is 3.01. The minimum absolute atomic E-state index is 0.0244. The fraction of sp³-hybridized carbons (Fsp3) is 0.533. The molecular formula is C15H18N2O3. The molecule has 1 amide bonds. The van der Waals surface area contributed by atoms with E-state index in [1.807, 2.05) is 0 Å².